The predicted octanol–water partition coefficient (Wildman–Crippen LogP) is 5.17. The molecule has 1 atom stereocenters. The van der Waals surface area contributed by atoms with Crippen LogP contribution in [0.4, 0.5) is 4.39 Å². The van der Waals surface area contributed by atoms with Crippen LogP contribution in [0.25, 0.3) is 0 Å². The molecule has 0 spiro atoms. The second kappa shape index (κ2) is 6.40. The van der Waals surface area contributed by atoms with E-state index in [9.17, 15) is 4.39 Å². The van der Waals surface area contributed by atoms with Crippen LogP contribution in [0, 0.1) is 5.82 Å². The first kappa shape index (κ1) is 14.4. The zero-order valence-electron chi connectivity index (χ0n) is 10.4. The van der Waals surface area contributed by atoms with Crippen LogP contribution in [0.1, 0.15) is 16.0 Å². The van der Waals surface area contributed by atoms with E-state index in [0.717, 1.165) is 16.9 Å². The first-order valence-electron chi connectivity index (χ1n) is 5.82. The quantitative estimate of drug-likeness (QED) is 0.696. The standard InChI is InChI=1S/C15H13BrClFO/c1-19-15-9-11(17)5-6-13(15)14(16)8-10-3-2-4-12(18)7-10/h2-7,9,14H,8H2,1H3. The van der Waals surface area contributed by atoms with Gasteiger partial charge in [0.15, 0.2) is 0 Å². The van der Waals surface area contributed by atoms with E-state index in [1.807, 2.05) is 18.2 Å². The van der Waals surface area contributed by atoms with Crippen molar-refractivity contribution in [1.29, 1.82) is 0 Å². The third-order valence-electron chi connectivity index (χ3n) is 2.84. The van der Waals surface area contributed by atoms with Gasteiger partial charge in [-0.25, -0.2) is 4.39 Å². The average Bonchev–Trinajstić information content (AvgIpc) is 2.38. The molecule has 0 aliphatic rings. The molecule has 100 valence electrons. The Morgan fingerprint density at radius 1 is 1.26 bits per heavy atom. The van der Waals surface area contributed by atoms with Gasteiger partial charge in [-0.05, 0) is 36.2 Å². The molecule has 0 aromatic heterocycles. The minimum absolute atomic E-state index is 0.0431. The van der Waals surface area contributed by atoms with Crippen molar-refractivity contribution >= 4 is 27.5 Å². The van der Waals surface area contributed by atoms with Gasteiger partial charge in [-0.15, -0.1) is 0 Å². The van der Waals surface area contributed by atoms with Crippen molar-refractivity contribution in [3.63, 3.8) is 0 Å². The highest BCUT2D eigenvalue weighted by Gasteiger charge is 2.14. The molecular formula is C15H13BrClFO. The number of hydrogen-bond donors (Lipinski definition) is 0. The third kappa shape index (κ3) is 3.71. The molecule has 0 fully saturated rings. The number of rotatable bonds is 4. The second-order valence-corrected chi connectivity index (χ2v) is 5.73. The summed E-state index contributed by atoms with van der Waals surface area (Å²) in [5, 5.41) is 0.631. The number of benzene rings is 2. The van der Waals surface area contributed by atoms with Crippen LogP contribution < -0.4 is 4.74 Å². The van der Waals surface area contributed by atoms with Crippen molar-refractivity contribution in [3.05, 3.63) is 64.4 Å². The Bertz CT molecular complexity index is 574. The first-order chi connectivity index (χ1) is 9.10. The van der Waals surface area contributed by atoms with Crippen molar-refractivity contribution in [2.75, 3.05) is 7.11 Å². The maximum atomic E-state index is 13.2. The van der Waals surface area contributed by atoms with Crippen LogP contribution in [0.2, 0.25) is 5.02 Å². The van der Waals surface area contributed by atoms with E-state index < -0.39 is 0 Å². The van der Waals surface area contributed by atoms with Crippen LogP contribution in [0.15, 0.2) is 42.5 Å². The van der Waals surface area contributed by atoms with Crippen LogP contribution in [0.3, 0.4) is 0 Å². The zero-order valence-corrected chi connectivity index (χ0v) is 12.7. The van der Waals surface area contributed by atoms with E-state index in [2.05, 4.69) is 15.9 Å². The zero-order chi connectivity index (χ0) is 13.8. The molecule has 0 radical (unpaired) electrons. The van der Waals surface area contributed by atoms with Gasteiger partial charge in [-0.3, -0.25) is 0 Å². The van der Waals surface area contributed by atoms with Crippen molar-refractivity contribution in [2.45, 2.75) is 11.2 Å². The van der Waals surface area contributed by atoms with Gasteiger partial charge in [0.05, 0.1) is 7.11 Å². The molecule has 0 N–H and O–H groups in total. The summed E-state index contributed by atoms with van der Waals surface area (Å²) in [6, 6.07) is 12.1. The first-order valence-corrected chi connectivity index (χ1v) is 7.11. The topological polar surface area (TPSA) is 9.23 Å². The molecule has 0 heterocycles. The summed E-state index contributed by atoms with van der Waals surface area (Å²) in [4.78, 5) is 0.0431. The SMILES string of the molecule is COc1cc(Cl)ccc1C(Br)Cc1cccc(F)c1. The van der Waals surface area contributed by atoms with E-state index in [-0.39, 0.29) is 10.6 Å². The lowest BCUT2D eigenvalue weighted by atomic mass is 10.0. The van der Waals surface area contributed by atoms with Gasteiger partial charge in [0, 0.05) is 15.4 Å². The minimum atomic E-state index is -0.222. The lowest BCUT2D eigenvalue weighted by molar-refractivity contribution is 0.409. The Labute approximate surface area is 125 Å². The number of hydrogen-bond acceptors (Lipinski definition) is 1. The molecule has 2 aromatic carbocycles. The second-order valence-electron chi connectivity index (χ2n) is 4.19. The van der Waals surface area contributed by atoms with E-state index in [4.69, 9.17) is 16.3 Å². The smallest absolute Gasteiger partial charge is 0.124 e. The normalized spacial score (nSPS) is 12.2. The lowest BCUT2D eigenvalue weighted by Crippen LogP contribution is -1.99. The largest absolute Gasteiger partial charge is 0.496 e. The molecular weight excluding hydrogens is 331 g/mol. The van der Waals surface area contributed by atoms with Gasteiger partial charge < -0.3 is 4.74 Å². The maximum absolute atomic E-state index is 13.2. The highest BCUT2D eigenvalue weighted by molar-refractivity contribution is 9.09. The summed E-state index contributed by atoms with van der Waals surface area (Å²) in [5.41, 5.74) is 1.93. The molecule has 0 saturated heterocycles. The van der Waals surface area contributed by atoms with Crippen molar-refractivity contribution in [2.24, 2.45) is 0 Å². The molecule has 0 aliphatic heterocycles. The predicted molar refractivity (Wildman–Crippen MR) is 79.8 cm³/mol. The number of methoxy groups -OCH3 is 1. The number of alkyl halides is 1. The number of ether oxygens (including phenoxy) is 1. The summed E-state index contributed by atoms with van der Waals surface area (Å²) in [5.74, 6) is 0.506. The van der Waals surface area contributed by atoms with E-state index in [0.29, 0.717) is 11.4 Å². The molecule has 2 rings (SSSR count). The van der Waals surface area contributed by atoms with Crippen LogP contribution in [-0.4, -0.2) is 7.11 Å². The molecule has 2 aromatic rings. The van der Waals surface area contributed by atoms with Crippen molar-refractivity contribution in [3.8, 4) is 5.75 Å². The molecule has 0 aliphatic carbocycles. The van der Waals surface area contributed by atoms with Gasteiger partial charge in [-0.1, -0.05) is 45.7 Å². The van der Waals surface area contributed by atoms with Gasteiger partial charge in [-0.2, -0.15) is 0 Å². The molecule has 19 heavy (non-hydrogen) atoms. The highest BCUT2D eigenvalue weighted by atomic mass is 79.9. The van der Waals surface area contributed by atoms with E-state index in [1.165, 1.54) is 12.1 Å². The highest BCUT2D eigenvalue weighted by Crippen LogP contribution is 2.35. The summed E-state index contributed by atoms with van der Waals surface area (Å²) in [6.07, 6.45) is 0.676. The minimum Gasteiger partial charge on any atom is -0.496 e. The monoisotopic (exact) mass is 342 g/mol. The van der Waals surface area contributed by atoms with Crippen LogP contribution in [0.5, 0.6) is 5.75 Å². The van der Waals surface area contributed by atoms with Crippen molar-refractivity contribution in [1.82, 2.24) is 0 Å². The fourth-order valence-electron chi connectivity index (χ4n) is 1.92. The fraction of sp³-hybridized carbons (Fsp3) is 0.200. The summed E-state index contributed by atoms with van der Waals surface area (Å²) >= 11 is 9.55. The molecule has 0 bridgehead atoms. The molecule has 1 nitrogen and oxygen atoms in total. The van der Waals surface area contributed by atoms with Crippen LogP contribution in [-0.2, 0) is 6.42 Å². The molecule has 0 amide bonds. The van der Waals surface area contributed by atoms with Gasteiger partial charge in [0.2, 0.25) is 0 Å². The third-order valence-corrected chi connectivity index (χ3v) is 3.89. The lowest BCUT2D eigenvalue weighted by Gasteiger charge is -2.14. The Balaban J connectivity index is 2.22. The summed E-state index contributed by atoms with van der Waals surface area (Å²) in [7, 11) is 1.61. The molecule has 4 heteroatoms. The van der Waals surface area contributed by atoms with Crippen molar-refractivity contribution < 1.29 is 9.13 Å². The van der Waals surface area contributed by atoms with E-state index in [1.54, 1.807) is 19.2 Å². The van der Waals surface area contributed by atoms with Gasteiger partial charge >= 0.3 is 0 Å². The van der Waals surface area contributed by atoms with Crippen LogP contribution >= 0.6 is 27.5 Å². The summed E-state index contributed by atoms with van der Waals surface area (Å²) < 4.78 is 18.5. The molecule has 0 saturated carbocycles. The Hall–Kier alpha value is -1.06. The Morgan fingerprint density at radius 3 is 2.74 bits per heavy atom. The average molecular weight is 344 g/mol. The fourth-order valence-corrected chi connectivity index (χ4v) is 2.84. The summed E-state index contributed by atoms with van der Waals surface area (Å²) in [6.45, 7) is 0. The maximum Gasteiger partial charge on any atom is 0.124 e. The van der Waals surface area contributed by atoms with Gasteiger partial charge in [0.1, 0.15) is 11.6 Å². The number of halogens is 3. The van der Waals surface area contributed by atoms with Gasteiger partial charge in [0.25, 0.3) is 0 Å². The van der Waals surface area contributed by atoms with E-state index >= 15 is 0 Å². The molecule has 1 unspecified atom stereocenters. The Kier molecular flexibility index (Phi) is 4.83. The Morgan fingerprint density at radius 2 is 2.05 bits per heavy atom.